The highest BCUT2D eigenvalue weighted by Gasteiger charge is 2.16. The van der Waals surface area contributed by atoms with Gasteiger partial charge in [0.25, 0.3) is 0 Å². The number of benzene rings is 1. The van der Waals surface area contributed by atoms with Crippen LogP contribution in [0.3, 0.4) is 0 Å². The summed E-state index contributed by atoms with van der Waals surface area (Å²) in [5.74, 6) is 1.25. The van der Waals surface area contributed by atoms with Gasteiger partial charge in [-0.3, -0.25) is 5.10 Å². The molecule has 3 aromatic heterocycles. The molecule has 0 aliphatic rings. The fraction of sp³-hybridized carbons (Fsp3) is 0.250. The first-order valence-electron chi connectivity index (χ1n) is 7.63. The fourth-order valence-corrected chi connectivity index (χ4v) is 3.53. The van der Waals surface area contributed by atoms with Gasteiger partial charge in [0.15, 0.2) is 10.8 Å². The van der Waals surface area contributed by atoms with E-state index in [9.17, 15) is 0 Å². The van der Waals surface area contributed by atoms with Gasteiger partial charge in [-0.25, -0.2) is 0 Å². The van der Waals surface area contributed by atoms with Gasteiger partial charge in [0.05, 0.1) is 0 Å². The molecular formula is C16H15ClN6S. The lowest BCUT2D eigenvalue weighted by atomic mass is 10.1. The number of hydrogen-bond donors (Lipinski definition) is 1. The summed E-state index contributed by atoms with van der Waals surface area (Å²) in [6.45, 7) is 4.36. The molecule has 0 bridgehead atoms. The molecule has 0 saturated heterocycles. The van der Waals surface area contributed by atoms with Gasteiger partial charge in [-0.15, -0.1) is 10.2 Å². The summed E-state index contributed by atoms with van der Waals surface area (Å²) in [6, 6.07) is 9.56. The van der Waals surface area contributed by atoms with E-state index in [4.69, 9.17) is 11.6 Å². The molecule has 4 aromatic rings. The van der Waals surface area contributed by atoms with Crippen LogP contribution in [0.2, 0.25) is 5.02 Å². The lowest BCUT2D eigenvalue weighted by Gasteiger charge is -1.98. The van der Waals surface area contributed by atoms with E-state index < -0.39 is 0 Å². The number of halogens is 1. The lowest BCUT2D eigenvalue weighted by Crippen LogP contribution is -1.93. The van der Waals surface area contributed by atoms with Crippen LogP contribution in [0.5, 0.6) is 0 Å². The summed E-state index contributed by atoms with van der Waals surface area (Å²) in [5.41, 5.74) is 2.83. The van der Waals surface area contributed by atoms with Gasteiger partial charge in [0, 0.05) is 16.3 Å². The van der Waals surface area contributed by atoms with E-state index in [1.54, 1.807) is 4.52 Å². The highest BCUT2D eigenvalue weighted by atomic mass is 35.5. The molecule has 0 aliphatic heterocycles. The van der Waals surface area contributed by atoms with Gasteiger partial charge in [0.2, 0.25) is 4.96 Å². The second kappa shape index (κ2) is 5.99. The Kier molecular flexibility index (Phi) is 3.82. The largest absolute Gasteiger partial charge is 0.282 e. The molecule has 0 unspecified atom stereocenters. The van der Waals surface area contributed by atoms with Gasteiger partial charge in [-0.05, 0) is 30.5 Å². The van der Waals surface area contributed by atoms with Crippen LogP contribution in [-0.4, -0.2) is 30.0 Å². The Morgan fingerprint density at radius 2 is 2.12 bits per heavy atom. The Labute approximate surface area is 147 Å². The van der Waals surface area contributed by atoms with Crippen molar-refractivity contribution in [3.8, 4) is 22.1 Å². The molecule has 0 saturated carbocycles. The lowest BCUT2D eigenvalue weighted by molar-refractivity contribution is 0.633. The van der Waals surface area contributed by atoms with Crippen molar-refractivity contribution in [1.82, 2.24) is 30.0 Å². The van der Waals surface area contributed by atoms with E-state index in [-0.39, 0.29) is 0 Å². The average molecular weight is 359 g/mol. The molecule has 0 amide bonds. The second-order valence-corrected chi connectivity index (χ2v) is 7.40. The minimum atomic E-state index is 0.575. The summed E-state index contributed by atoms with van der Waals surface area (Å²) < 4.78 is 1.74. The highest BCUT2D eigenvalue weighted by Crippen LogP contribution is 2.28. The second-order valence-electron chi connectivity index (χ2n) is 6.01. The number of nitrogens with one attached hydrogen (secondary N) is 1. The van der Waals surface area contributed by atoms with Gasteiger partial charge < -0.3 is 0 Å². The number of aromatic amines is 1. The molecule has 122 valence electrons. The van der Waals surface area contributed by atoms with Crippen LogP contribution in [-0.2, 0) is 6.42 Å². The molecule has 4 rings (SSSR count). The van der Waals surface area contributed by atoms with E-state index >= 15 is 0 Å². The minimum Gasteiger partial charge on any atom is -0.282 e. The number of fused-ring (bicyclic) bond motifs is 1. The average Bonchev–Trinajstić information content (AvgIpc) is 3.20. The first-order valence-corrected chi connectivity index (χ1v) is 8.82. The molecule has 8 heteroatoms. The Balaban J connectivity index is 1.73. The van der Waals surface area contributed by atoms with Crippen molar-refractivity contribution in [2.24, 2.45) is 5.92 Å². The molecule has 0 fully saturated rings. The van der Waals surface area contributed by atoms with Crippen molar-refractivity contribution in [2.45, 2.75) is 20.3 Å². The third kappa shape index (κ3) is 2.81. The Bertz CT molecular complexity index is 999. The molecule has 0 radical (unpaired) electrons. The first-order chi connectivity index (χ1) is 11.6. The van der Waals surface area contributed by atoms with Crippen molar-refractivity contribution in [3.63, 3.8) is 0 Å². The van der Waals surface area contributed by atoms with Gasteiger partial charge in [-0.2, -0.15) is 14.7 Å². The van der Waals surface area contributed by atoms with Gasteiger partial charge in [-0.1, -0.05) is 48.9 Å². The normalized spacial score (nSPS) is 11.7. The number of H-pyrrole nitrogens is 1. The van der Waals surface area contributed by atoms with E-state index in [0.29, 0.717) is 16.8 Å². The van der Waals surface area contributed by atoms with Gasteiger partial charge >= 0.3 is 0 Å². The molecular weight excluding hydrogens is 344 g/mol. The summed E-state index contributed by atoms with van der Waals surface area (Å²) in [6.07, 6.45) is 0.963. The van der Waals surface area contributed by atoms with Crippen molar-refractivity contribution >= 4 is 27.9 Å². The monoisotopic (exact) mass is 358 g/mol. The SMILES string of the molecule is CC(C)Cc1cc(-c2nn3c(-c4cccc(Cl)c4)nnc3s2)n[nH]1. The Morgan fingerprint density at radius 3 is 2.92 bits per heavy atom. The zero-order valence-electron chi connectivity index (χ0n) is 13.2. The maximum Gasteiger partial charge on any atom is 0.235 e. The summed E-state index contributed by atoms with van der Waals surface area (Å²) in [5, 5.41) is 22.0. The van der Waals surface area contributed by atoms with Gasteiger partial charge in [0.1, 0.15) is 5.69 Å². The van der Waals surface area contributed by atoms with E-state index in [1.165, 1.54) is 11.3 Å². The van der Waals surface area contributed by atoms with Crippen LogP contribution in [0.15, 0.2) is 30.3 Å². The van der Waals surface area contributed by atoms with Crippen LogP contribution in [0, 0.1) is 5.92 Å². The third-order valence-electron chi connectivity index (χ3n) is 3.55. The third-order valence-corrected chi connectivity index (χ3v) is 4.71. The predicted octanol–water partition coefficient (Wildman–Crippen LogP) is 4.09. The molecule has 0 aliphatic carbocycles. The van der Waals surface area contributed by atoms with Crippen LogP contribution in [0.25, 0.3) is 27.1 Å². The van der Waals surface area contributed by atoms with Crippen LogP contribution < -0.4 is 0 Å². The van der Waals surface area contributed by atoms with E-state index in [1.807, 2.05) is 30.3 Å². The molecule has 6 nitrogen and oxygen atoms in total. The summed E-state index contributed by atoms with van der Waals surface area (Å²) in [4.78, 5) is 0.730. The quantitative estimate of drug-likeness (QED) is 0.596. The summed E-state index contributed by atoms with van der Waals surface area (Å²) in [7, 11) is 0. The maximum absolute atomic E-state index is 6.07. The smallest absolute Gasteiger partial charge is 0.235 e. The van der Waals surface area contributed by atoms with Crippen molar-refractivity contribution < 1.29 is 0 Å². The van der Waals surface area contributed by atoms with E-state index in [2.05, 4.69) is 39.3 Å². The number of hydrogen-bond acceptors (Lipinski definition) is 5. The van der Waals surface area contributed by atoms with Crippen molar-refractivity contribution in [3.05, 3.63) is 41.0 Å². The number of aromatic nitrogens is 6. The molecule has 0 atom stereocenters. The first kappa shape index (κ1) is 15.3. The fourth-order valence-electron chi connectivity index (χ4n) is 2.54. The molecule has 24 heavy (non-hydrogen) atoms. The minimum absolute atomic E-state index is 0.575. The zero-order valence-corrected chi connectivity index (χ0v) is 14.8. The standard InChI is InChI=1S/C16H15ClN6S/c1-9(2)6-12-8-13(19-18-12)15-22-23-14(20-21-16(23)24-15)10-4-3-5-11(17)7-10/h3-5,7-9H,6H2,1-2H3,(H,18,19). The van der Waals surface area contributed by atoms with E-state index in [0.717, 1.165) is 33.3 Å². The molecule has 0 spiro atoms. The molecule has 3 heterocycles. The Hall–Kier alpha value is -2.25. The van der Waals surface area contributed by atoms with Crippen molar-refractivity contribution in [1.29, 1.82) is 0 Å². The predicted molar refractivity (Wildman–Crippen MR) is 95.2 cm³/mol. The van der Waals surface area contributed by atoms with Crippen LogP contribution in [0.1, 0.15) is 19.5 Å². The number of nitrogens with zero attached hydrogens (tertiary/aromatic N) is 5. The summed E-state index contributed by atoms with van der Waals surface area (Å²) >= 11 is 7.53. The number of rotatable bonds is 4. The van der Waals surface area contributed by atoms with Crippen LogP contribution in [0.4, 0.5) is 0 Å². The van der Waals surface area contributed by atoms with Crippen molar-refractivity contribution in [2.75, 3.05) is 0 Å². The topological polar surface area (TPSA) is 71.8 Å². The Morgan fingerprint density at radius 1 is 1.25 bits per heavy atom. The van der Waals surface area contributed by atoms with Crippen LogP contribution >= 0.6 is 22.9 Å². The molecule has 1 N–H and O–H groups in total. The molecule has 1 aromatic carbocycles. The highest BCUT2D eigenvalue weighted by molar-refractivity contribution is 7.19. The zero-order chi connectivity index (χ0) is 16.7. The maximum atomic E-state index is 6.07.